The number of phenols is 1. The average molecular weight is 379 g/mol. The van der Waals surface area contributed by atoms with E-state index in [-0.39, 0.29) is 5.75 Å². The van der Waals surface area contributed by atoms with Gasteiger partial charge in [-0.15, -0.1) is 15.0 Å². The van der Waals surface area contributed by atoms with E-state index in [0.717, 1.165) is 27.9 Å². The van der Waals surface area contributed by atoms with Crippen molar-refractivity contribution in [3.05, 3.63) is 95.8 Å². The summed E-state index contributed by atoms with van der Waals surface area (Å²) >= 11 is 0. The molecule has 0 radical (unpaired) electrons. The molecule has 0 saturated heterocycles. The van der Waals surface area contributed by atoms with Crippen LogP contribution in [0.5, 0.6) is 5.75 Å². The van der Waals surface area contributed by atoms with Crippen LogP contribution >= 0.6 is 0 Å². The highest BCUT2D eigenvalue weighted by Gasteiger charge is 2.22. The van der Waals surface area contributed by atoms with E-state index in [9.17, 15) is 5.11 Å². The average Bonchev–Trinajstić information content (AvgIpc) is 3.34. The number of aliphatic imine (C=N–C) groups is 2. The lowest BCUT2D eigenvalue weighted by Crippen LogP contribution is -2.15. The minimum absolute atomic E-state index is 0.129. The highest BCUT2D eigenvalue weighted by Crippen LogP contribution is 2.29. The van der Waals surface area contributed by atoms with Gasteiger partial charge in [0, 0.05) is 11.1 Å². The van der Waals surface area contributed by atoms with Gasteiger partial charge in [0.25, 0.3) is 0 Å². The van der Waals surface area contributed by atoms with Gasteiger partial charge >= 0.3 is 0 Å². The van der Waals surface area contributed by atoms with Crippen LogP contribution in [0, 0.1) is 6.92 Å². The monoisotopic (exact) mass is 379 g/mol. The summed E-state index contributed by atoms with van der Waals surface area (Å²) in [5.74, 6) is 0.582. The van der Waals surface area contributed by atoms with Gasteiger partial charge in [0.05, 0.1) is 11.4 Å². The van der Waals surface area contributed by atoms with Crippen molar-refractivity contribution in [1.82, 2.24) is 15.0 Å². The molecule has 0 amide bonds. The van der Waals surface area contributed by atoms with E-state index in [0.29, 0.717) is 22.8 Å². The van der Waals surface area contributed by atoms with E-state index in [1.807, 2.05) is 73.7 Å². The molecule has 3 aromatic carbocycles. The molecule has 0 aliphatic carbocycles. The van der Waals surface area contributed by atoms with E-state index in [4.69, 9.17) is 0 Å². The Morgan fingerprint density at radius 1 is 0.793 bits per heavy atom. The molecule has 1 aliphatic heterocycles. The number of hydrogen-bond acceptors (Lipinski definition) is 5. The first-order valence-electron chi connectivity index (χ1n) is 9.19. The van der Waals surface area contributed by atoms with Crippen molar-refractivity contribution in [3.63, 3.8) is 0 Å². The summed E-state index contributed by atoms with van der Waals surface area (Å²) < 4.78 is 0. The van der Waals surface area contributed by atoms with Gasteiger partial charge in [-0.05, 0) is 36.8 Å². The lowest BCUT2D eigenvalue weighted by atomic mass is 9.98. The number of aromatic nitrogens is 3. The largest absolute Gasteiger partial charge is 0.505 e. The SMILES string of the molecule is C=C1N=C(c2ccccc2)C(c2cc(C)c(O)c(-n3nc4ccccc4n3)c2)=N1. The summed E-state index contributed by atoms with van der Waals surface area (Å²) in [5.41, 5.74) is 5.95. The molecule has 1 N–H and O–H groups in total. The van der Waals surface area contributed by atoms with Crippen LogP contribution in [-0.4, -0.2) is 31.5 Å². The Morgan fingerprint density at radius 3 is 2.03 bits per heavy atom. The highest BCUT2D eigenvalue weighted by molar-refractivity contribution is 6.55. The number of rotatable bonds is 3. The van der Waals surface area contributed by atoms with Gasteiger partial charge in [-0.1, -0.05) is 49.0 Å². The standard InChI is InChI=1S/C23H17N5O/c1-14-12-17(22-21(24-15(2)25-22)16-8-4-3-5-9-16)13-20(23(14)29)28-26-18-10-6-7-11-19(18)27-28/h3-13,29H,2H2,1H3. The summed E-state index contributed by atoms with van der Waals surface area (Å²) in [6.07, 6.45) is 0. The minimum atomic E-state index is 0.129. The van der Waals surface area contributed by atoms with E-state index in [2.05, 4.69) is 26.8 Å². The maximum Gasteiger partial charge on any atom is 0.146 e. The molecule has 0 unspecified atom stereocenters. The van der Waals surface area contributed by atoms with Crippen LogP contribution in [0.3, 0.4) is 0 Å². The topological polar surface area (TPSA) is 75.7 Å². The first-order chi connectivity index (χ1) is 14.1. The van der Waals surface area contributed by atoms with Crippen molar-refractivity contribution < 1.29 is 5.11 Å². The highest BCUT2D eigenvalue weighted by atomic mass is 16.3. The normalized spacial score (nSPS) is 13.6. The van der Waals surface area contributed by atoms with Crippen molar-refractivity contribution in [2.75, 3.05) is 0 Å². The Bertz CT molecular complexity index is 1300. The predicted molar refractivity (Wildman–Crippen MR) is 114 cm³/mol. The number of fused-ring (bicyclic) bond motifs is 1. The number of aryl methyl sites for hydroxylation is 1. The van der Waals surface area contributed by atoms with E-state index >= 15 is 0 Å². The number of benzene rings is 3. The molecule has 1 aromatic heterocycles. The smallest absolute Gasteiger partial charge is 0.146 e. The zero-order valence-corrected chi connectivity index (χ0v) is 15.7. The molecule has 140 valence electrons. The van der Waals surface area contributed by atoms with Gasteiger partial charge in [0.1, 0.15) is 28.3 Å². The zero-order valence-electron chi connectivity index (χ0n) is 15.7. The van der Waals surface area contributed by atoms with Crippen LogP contribution in [-0.2, 0) is 0 Å². The molecule has 0 bridgehead atoms. The first-order valence-corrected chi connectivity index (χ1v) is 9.19. The Balaban J connectivity index is 1.66. The Morgan fingerprint density at radius 2 is 1.38 bits per heavy atom. The second kappa shape index (κ2) is 6.53. The maximum absolute atomic E-state index is 10.7. The van der Waals surface area contributed by atoms with Gasteiger partial charge in [0.2, 0.25) is 0 Å². The quantitative estimate of drug-likeness (QED) is 0.580. The second-order valence-electron chi connectivity index (χ2n) is 6.84. The third-order valence-electron chi connectivity index (χ3n) is 4.81. The molecule has 0 atom stereocenters. The summed E-state index contributed by atoms with van der Waals surface area (Å²) in [4.78, 5) is 10.5. The molecule has 6 heteroatoms. The Kier molecular flexibility index (Phi) is 3.84. The molecular weight excluding hydrogens is 362 g/mol. The molecule has 5 rings (SSSR count). The van der Waals surface area contributed by atoms with Crippen LogP contribution in [0.4, 0.5) is 0 Å². The van der Waals surface area contributed by atoms with Crippen LogP contribution in [0.2, 0.25) is 0 Å². The van der Waals surface area contributed by atoms with Crippen molar-refractivity contribution in [3.8, 4) is 11.4 Å². The molecule has 29 heavy (non-hydrogen) atoms. The van der Waals surface area contributed by atoms with E-state index in [1.54, 1.807) is 0 Å². The van der Waals surface area contributed by atoms with Crippen LogP contribution in [0.15, 0.2) is 89.1 Å². The van der Waals surface area contributed by atoms with Crippen LogP contribution in [0.25, 0.3) is 16.7 Å². The van der Waals surface area contributed by atoms with Crippen molar-refractivity contribution in [2.45, 2.75) is 6.92 Å². The number of hydrogen-bond donors (Lipinski definition) is 1. The van der Waals surface area contributed by atoms with Crippen LogP contribution in [0.1, 0.15) is 16.7 Å². The molecule has 0 fully saturated rings. The minimum Gasteiger partial charge on any atom is -0.505 e. The first kappa shape index (κ1) is 17.1. The van der Waals surface area contributed by atoms with E-state index < -0.39 is 0 Å². The molecule has 6 nitrogen and oxygen atoms in total. The molecule has 1 aliphatic rings. The van der Waals surface area contributed by atoms with Crippen molar-refractivity contribution in [2.24, 2.45) is 9.98 Å². The molecular formula is C23H17N5O. The summed E-state index contributed by atoms with van der Waals surface area (Å²) in [5, 5.41) is 19.7. The van der Waals surface area contributed by atoms with Crippen molar-refractivity contribution in [1.29, 1.82) is 0 Å². The fourth-order valence-electron chi connectivity index (χ4n) is 3.41. The molecule has 2 heterocycles. The fourth-order valence-corrected chi connectivity index (χ4v) is 3.41. The molecule has 4 aromatic rings. The van der Waals surface area contributed by atoms with Gasteiger partial charge in [-0.3, -0.25) is 0 Å². The lowest BCUT2D eigenvalue weighted by Gasteiger charge is -2.11. The van der Waals surface area contributed by atoms with E-state index in [1.165, 1.54) is 4.80 Å². The second-order valence-corrected chi connectivity index (χ2v) is 6.84. The van der Waals surface area contributed by atoms with Gasteiger partial charge in [-0.25, -0.2) is 9.98 Å². The van der Waals surface area contributed by atoms with Gasteiger partial charge < -0.3 is 5.11 Å². The fraction of sp³-hybridized carbons (Fsp3) is 0.0435. The summed E-state index contributed by atoms with van der Waals surface area (Å²) in [7, 11) is 0. The number of aromatic hydroxyl groups is 1. The maximum atomic E-state index is 10.7. The molecule has 0 saturated carbocycles. The molecule has 0 spiro atoms. The van der Waals surface area contributed by atoms with Gasteiger partial charge in [-0.2, -0.15) is 0 Å². The van der Waals surface area contributed by atoms with Crippen LogP contribution < -0.4 is 0 Å². The van der Waals surface area contributed by atoms with Gasteiger partial charge in [0.15, 0.2) is 0 Å². The number of phenolic OH excluding ortho intramolecular Hbond substituents is 1. The summed E-state index contributed by atoms with van der Waals surface area (Å²) in [6.45, 7) is 5.74. The summed E-state index contributed by atoms with van der Waals surface area (Å²) in [6, 6.07) is 21.2. The third-order valence-corrected chi connectivity index (χ3v) is 4.81. The lowest BCUT2D eigenvalue weighted by molar-refractivity contribution is 0.463. The Hall–Kier alpha value is -4.06. The predicted octanol–water partition coefficient (Wildman–Crippen LogP) is 4.20. The Labute approximate surface area is 167 Å². The number of nitrogens with zero attached hydrogens (tertiary/aromatic N) is 5. The zero-order chi connectivity index (χ0) is 20.0. The van der Waals surface area contributed by atoms with Crippen molar-refractivity contribution >= 4 is 22.5 Å². The third kappa shape index (κ3) is 2.91.